The first-order valence-corrected chi connectivity index (χ1v) is 10.4. The number of methoxy groups -OCH3 is 1. The number of amides is 3. The van der Waals surface area contributed by atoms with E-state index in [1.165, 1.54) is 6.26 Å². The molecule has 31 heavy (non-hydrogen) atoms. The summed E-state index contributed by atoms with van der Waals surface area (Å²) < 4.78 is 10.3. The van der Waals surface area contributed by atoms with E-state index in [0.717, 1.165) is 11.3 Å². The standard InChI is InChI=1S/C23H29N3O5/c1-16(2)21(24-22(28)19-8-5-13-31-19)23(29)26-11-9-25(10-12-26)20(27)15-17-6-4-7-18(14-17)30-3/h4-8,13-14,16,21H,9-12,15H2,1-3H3,(H,24,28). The van der Waals surface area contributed by atoms with Crippen molar-refractivity contribution in [2.75, 3.05) is 33.3 Å². The van der Waals surface area contributed by atoms with Gasteiger partial charge in [-0.05, 0) is 35.7 Å². The molecule has 1 N–H and O–H groups in total. The van der Waals surface area contributed by atoms with Gasteiger partial charge in [0.1, 0.15) is 11.8 Å². The van der Waals surface area contributed by atoms with Crippen molar-refractivity contribution in [2.24, 2.45) is 5.92 Å². The summed E-state index contributed by atoms with van der Waals surface area (Å²) in [5, 5.41) is 2.78. The molecular formula is C23H29N3O5. The number of nitrogens with one attached hydrogen (secondary N) is 1. The molecule has 1 atom stereocenters. The number of rotatable bonds is 7. The second kappa shape index (κ2) is 10.1. The van der Waals surface area contributed by atoms with Gasteiger partial charge in [0.05, 0.1) is 19.8 Å². The van der Waals surface area contributed by atoms with E-state index in [9.17, 15) is 14.4 Å². The van der Waals surface area contributed by atoms with E-state index in [0.29, 0.717) is 32.6 Å². The number of nitrogens with zero attached hydrogens (tertiary/aromatic N) is 2. The molecule has 0 saturated carbocycles. The van der Waals surface area contributed by atoms with Crippen molar-refractivity contribution in [2.45, 2.75) is 26.3 Å². The first kappa shape index (κ1) is 22.4. The Hall–Kier alpha value is -3.29. The number of hydrogen-bond acceptors (Lipinski definition) is 5. The van der Waals surface area contributed by atoms with Gasteiger partial charge in [0.15, 0.2) is 5.76 Å². The molecule has 166 valence electrons. The van der Waals surface area contributed by atoms with Crippen LogP contribution in [0.15, 0.2) is 47.1 Å². The van der Waals surface area contributed by atoms with E-state index in [-0.39, 0.29) is 23.5 Å². The molecule has 0 radical (unpaired) electrons. The van der Waals surface area contributed by atoms with Crippen molar-refractivity contribution < 1.29 is 23.5 Å². The maximum Gasteiger partial charge on any atom is 0.287 e. The third-order valence-corrected chi connectivity index (χ3v) is 5.40. The molecule has 0 aliphatic carbocycles. The second-order valence-corrected chi connectivity index (χ2v) is 7.91. The fourth-order valence-electron chi connectivity index (χ4n) is 3.58. The Kier molecular flexibility index (Phi) is 7.33. The Morgan fingerprint density at radius 3 is 2.39 bits per heavy atom. The average molecular weight is 428 g/mol. The average Bonchev–Trinajstić information content (AvgIpc) is 3.32. The highest BCUT2D eigenvalue weighted by molar-refractivity contribution is 5.95. The maximum atomic E-state index is 13.0. The lowest BCUT2D eigenvalue weighted by Crippen LogP contribution is -2.57. The van der Waals surface area contributed by atoms with Crippen LogP contribution in [0.2, 0.25) is 0 Å². The predicted molar refractivity (Wildman–Crippen MR) is 115 cm³/mol. The summed E-state index contributed by atoms with van der Waals surface area (Å²) in [6.45, 7) is 5.57. The number of furan rings is 1. The number of hydrogen-bond donors (Lipinski definition) is 1. The molecule has 2 heterocycles. The zero-order valence-corrected chi connectivity index (χ0v) is 18.2. The zero-order chi connectivity index (χ0) is 22.4. The molecule has 1 saturated heterocycles. The van der Waals surface area contributed by atoms with Gasteiger partial charge in [-0.3, -0.25) is 14.4 Å². The first-order valence-electron chi connectivity index (χ1n) is 10.4. The number of ether oxygens (including phenoxy) is 1. The van der Waals surface area contributed by atoms with Crippen molar-refractivity contribution in [3.8, 4) is 5.75 Å². The topological polar surface area (TPSA) is 92.1 Å². The SMILES string of the molecule is COc1cccc(CC(=O)N2CCN(C(=O)C(NC(=O)c3ccco3)C(C)C)CC2)c1. The second-order valence-electron chi connectivity index (χ2n) is 7.91. The van der Waals surface area contributed by atoms with Crippen LogP contribution in [0, 0.1) is 5.92 Å². The third-order valence-electron chi connectivity index (χ3n) is 5.40. The lowest BCUT2D eigenvalue weighted by atomic mass is 10.0. The van der Waals surface area contributed by atoms with Crippen LogP contribution < -0.4 is 10.1 Å². The molecule has 1 aromatic carbocycles. The van der Waals surface area contributed by atoms with Crippen LogP contribution in [0.4, 0.5) is 0 Å². The van der Waals surface area contributed by atoms with E-state index in [1.807, 2.05) is 38.1 Å². The Morgan fingerprint density at radius 1 is 1.06 bits per heavy atom. The normalized spacial score (nSPS) is 15.0. The van der Waals surface area contributed by atoms with Gasteiger partial charge in [0.2, 0.25) is 11.8 Å². The van der Waals surface area contributed by atoms with Crippen molar-refractivity contribution in [1.29, 1.82) is 0 Å². The number of carbonyl (C=O) groups excluding carboxylic acids is 3. The summed E-state index contributed by atoms with van der Waals surface area (Å²) in [5.74, 6) is 0.272. The Bertz CT molecular complexity index is 902. The molecule has 8 nitrogen and oxygen atoms in total. The zero-order valence-electron chi connectivity index (χ0n) is 18.2. The Labute approximate surface area is 182 Å². The van der Waals surface area contributed by atoms with E-state index >= 15 is 0 Å². The van der Waals surface area contributed by atoms with E-state index in [2.05, 4.69) is 5.32 Å². The van der Waals surface area contributed by atoms with Gasteiger partial charge in [-0.2, -0.15) is 0 Å². The molecule has 1 aliphatic heterocycles. The van der Waals surface area contributed by atoms with Crippen molar-refractivity contribution in [1.82, 2.24) is 15.1 Å². The third kappa shape index (κ3) is 5.65. The molecular weight excluding hydrogens is 398 g/mol. The molecule has 1 fully saturated rings. The van der Waals surface area contributed by atoms with Crippen molar-refractivity contribution in [3.05, 3.63) is 54.0 Å². The highest BCUT2D eigenvalue weighted by Gasteiger charge is 2.32. The molecule has 1 unspecified atom stereocenters. The molecule has 1 aliphatic rings. The summed E-state index contributed by atoms with van der Waals surface area (Å²) in [5.41, 5.74) is 0.892. The summed E-state index contributed by atoms with van der Waals surface area (Å²) in [6, 6.07) is 9.99. The van der Waals surface area contributed by atoms with Gasteiger partial charge in [0, 0.05) is 26.2 Å². The Balaban J connectivity index is 1.55. The maximum absolute atomic E-state index is 13.0. The fraction of sp³-hybridized carbons (Fsp3) is 0.435. The minimum atomic E-state index is -0.656. The monoisotopic (exact) mass is 427 g/mol. The Morgan fingerprint density at radius 2 is 1.77 bits per heavy atom. The summed E-state index contributed by atoms with van der Waals surface area (Å²) >= 11 is 0. The molecule has 8 heteroatoms. The molecule has 1 aromatic heterocycles. The lowest BCUT2D eigenvalue weighted by Gasteiger charge is -2.37. The van der Waals surface area contributed by atoms with Gasteiger partial charge in [-0.1, -0.05) is 26.0 Å². The fourth-order valence-corrected chi connectivity index (χ4v) is 3.58. The quantitative estimate of drug-likeness (QED) is 0.729. The van der Waals surface area contributed by atoms with Crippen LogP contribution in [0.3, 0.4) is 0 Å². The minimum absolute atomic E-state index is 0.0203. The van der Waals surface area contributed by atoms with Gasteiger partial charge >= 0.3 is 0 Å². The molecule has 3 rings (SSSR count). The molecule has 3 amide bonds. The lowest BCUT2D eigenvalue weighted by molar-refractivity contribution is -0.141. The van der Waals surface area contributed by atoms with Gasteiger partial charge in [0.25, 0.3) is 5.91 Å². The van der Waals surface area contributed by atoms with Gasteiger partial charge < -0.3 is 24.3 Å². The highest BCUT2D eigenvalue weighted by Crippen LogP contribution is 2.15. The number of benzene rings is 1. The van der Waals surface area contributed by atoms with Gasteiger partial charge in [-0.15, -0.1) is 0 Å². The summed E-state index contributed by atoms with van der Waals surface area (Å²) in [4.78, 5) is 41.5. The van der Waals surface area contributed by atoms with Crippen LogP contribution >= 0.6 is 0 Å². The van der Waals surface area contributed by atoms with Crippen LogP contribution in [-0.2, 0) is 16.0 Å². The minimum Gasteiger partial charge on any atom is -0.497 e. The number of carbonyl (C=O) groups is 3. The first-order chi connectivity index (χ1) is 14.9. The predicted octanol–water partition coefficient (Wildman–Crippen LogP) is 1.96. The van der Waals surface area contributed by atoms with E-state index in [1.54, 1.807) is 29.0 Å². The van der Waals surface area contributed by atoms with Crippen LogP contribution in [0.25, 0.3) is 0 Å². The van der Waals surface area contributed by atoms with Crippen LogP contribution in [-0.4, -0.2) is 66.9 Å². The van der Waals surface area contributed by atoms with Crippen molar-refractivity contribution >= 4 is 17.7 Å². The van der Waals surface area contributed by atoms with Crippen molar-refractivity contribution in [3.63, 3.8) is 0 Å². The van der Waals surface area contributed by atoms with Gasteiger partial charge in [-0.25, -0.2) is 0 Å². The summed E-state index contributed by atoms with van der Waals surface area (Å²) in [6.07, 6.45) is 1.71. The van der Waals surface area contributed by atoms with Crippen LogP contribution in [0.1, 0.15) is 30.0 Å². The van der Waals surface area contributed by atoms with Crippen LogP contribution in [0.5, 0.6) is 5.75 Å². The highest BCUT2D eigenvalue weighted by atomic mass is 16.5. The molecule has 0 spiro atoms. The number of piperazine rings is 1. The van der Waals surface area contributed by atoms with E-state index < -0.39 is 11.9 Å². The molecule has 2 aromatic rings. The van der Waals surface area contributed by atoms with E-state index in [4.69, 9.17) is 9.15 Å². The summed E-state index contributed by atoms with van der Waals surface area (Å²) in [7, 11) is 1.60. The smallest absolute Gasteiger partial charge is 0.287 e. The molecule has 0 bridgehead atoms. The largest absolute Gasteiger partial charge is 0.497 e.